The van der Waals surface area contributed by atoms with Crippen LogP contribution in [0.1, 0.15) is 32.0 Å². The Morgan fingerprint density at radius 3 is 2.61 bits per heavy atom. The van der Waals surface area contributed by atoms with Gasteiger partial charge in [-0.3, -0.25) is 0 Å². The van der Waals surface area contributed by atoms with Crippen LogP contribution in [0.25, 0.3) is 0 Å². The molecule has 0 aliphatic carbocycles. The maximum atomic E-state index is 11.8. The lowest BCUT2D eigenvalue weighted by molar-refractivity contribution is -0.173. The molecule has 5 nitrogen and oxygen atoms in total. The summed E-state index contributed by atoms with van der Waals surface area (Å²) in [5.74, 6) is 0.563. The van der Waals surface area contributed by atoms with Crippen molar-refractivity contribution in [3.63, 3.8) is 0 Å². The fourth-order valence-electron chi connectivity index (χ4n) is 1.09. The summed E-state index contributed by atoms with van der Waals surface area (Å²) >= 11 is 0. The van der Waals surface area contributed by atoms with Crippen molar-refractivity contribution < 1.29 is 22.4 Å². The van der Waals surface area contributed by atoms with Crippen LogP contribution in [0.2, 0.25) is 0 Å². The van der Waals surface area contributed by atoms with Crippen LogP contribution in [-0.4, -0.2) is 29.5 Å². The molecule has 1 aromatic rings. The van der Waals surface area contributed by atoms with Crippen LogP contribution >= 0.6 is 0 Å². The molecule has 1 aromatic heterocycles. The van der Waals surface area contributed by atoms with E-state index in [0.717, 1.165) is 0 Å². The number of ether oxygens (including phenoxy) is 1. The van der Waals surface area contributed by atoms with Gasteiger partial charge >= 0.3 is 6.18 Å². The van der Waals surface area contributed by atoms with Crippen LogP contribution in [0.3, 0.4) is 0 Å². The Balaban J connectivity index is 2.41. The highest BCUT2D eigenvalue weighted by molar-refractivity contribution is 4.99. The summed E-state index contributed by atoms with van der Waals surface area (Å²) in [6.07, 6.45) is -3.56. The van der Waals surface area contributed by atoms with Gasteiger partial charge in [0.05, 0.1) is 12.1 Å². The van der Waals surface area contributed by atoms with Crippen LogP contribution in [0, 0.1) is 0 Å². The second kappa shape index (κ2) is 5.66. The van der Waals surface area contributed by atoms with Gasteiger partial charge in [-0.2, -0.15) is 18.2 Å². The van der Waals surface area contributed by atoms with Gasteiger partial charge in [-0.25, -0.2) is 0 Å². The fraction of sp³-hybridized carbons (Fsp3) is 0.800. The largest absolute Gasteiger partial charge is 0.411 e. The first kappa shape index (κ1) is 14.9. The number of hydrogen-bond donors (Lipinski definition) is 1. The average molecular weight is 267 g/mol. The molecule has 0 bridgehead atoms. The van der Waals surface area contributed by atoms with Crippen LogP contribution in [-0.2, 0) is 16.7 Å². The van der Waals surface area contributed by atoms with Gasteiger partial charge in [-0.1, -0.05) is 12.1 Å². The number of aromatic nitrogens is 2. The highest BCUT2D eigenvalue weighted by Gasteiger charge is 2.28. The Bertz CT molecular complexity index is 377. The molecule has 18 heavy (non-hydrogen) atoms. The quantitative estimate of drug-likeness (QED) is 0.795. The number of nitrogens with zero attached hydrogens (tertiary/aromatic N) is 2. The zero-order valence-corrected chi connectivity index (χ0v) is 10.3. The van der Waals surface area contributed by atoms with Gasteiger partial charge in [0.1, 0.15) is 6.61 Å². The van der Waals surface area contributed by atoms with Gasteiger partial charge in [0.15, 0.2) is 5.82 Å². The van der Waals surface area contributed by atoms with E-state index in [2.05, 4.69) is 14.9 Å². The highest BCUT2D eigenvalue weighted by atomic mass is 19.4. The normalized spacial score (nSPS) is 15.7. The van der Waals surface area contributed by atoms with Crippen LogP contribution in [0.4, 0.5) is 13.2 Å². The van der Waals surface area contributed by atoms with Crippen LogP contribution in [0.15, 0.2) is 4.52 Å². The predicted molar refractivity (Wildman–Crippen MR) is 56.7 cm³/mol. The maximum absolute atomic E-state index is 11.8. The molecule has 0 spiro atoms. The number of nitrogens with two attached hydrogens (primary N) is 1. The molecule has 0 radical (unpaired) electrons. The van der Waals surface area contributed by atoms with E-state index in [9.17, 15) is 13.2 Å². The summed E-state index contributed by atoms with van der Waals surface area (Å²) in [5.41, 5.74) is 5.16. The third-order valence-electron chi connectivity index (χ3n) is 2.43. The van der Waals surface area contributed by atoms with Gasteiger partial charge in [0, 0.05) is 6.42 Å². The summed E-state index contributed by atoms with van der Waals surface area (Å²) in [4.78, 5) is 4.02. The molecular formula is C10H16F3N3O2. The number of halogens is 3. The summed E-state index contributed by atoms with van der Waals surface area (Å²) in [6, 6.07) is 0. The van der Waals surface area contributed by atoms with Crippen LogP contribution in [0.5, 0.6) is 0 Å². The van der Waals surface area contributed by atoms with Crippen molar-refractivity contribution in [1.29, 1.82) is 0 Å². The Morgan fingerprint density at radius 2 is 2.06 bits per heavy atom. The monoisotopic (exact) mass is 267 g/mol. The van der Waals surface area contributed by atoms with Crippen molar-refractivity contribution in [2.24, 2.45) is 5.73 Å². The third-order valence-corrected chi connectivity index (χ3v) is 2.43. The van der Waals surface area contributed by atoms with Crippen LogP contribution < -0.4 is 5.73 Å². The molecule has 1 rings (SSSR count). The number of rotatable bonds is 6. The van der Waals surface area contributed by atoms with Gasteiger partial charge in [-0.05, 0) is 13.3 Å². The molecule has 0 aliphatic rings. The lowest BCUT2D eigenvalue weighted by Gasteiger charge is -2.16. The standard InChI is InChI=1S/C10H16F3N3O2/c1-3-9(2,14)8-15-7(16-18-8)4-5-17-6-10(11,12)13/h3-6,14H2,1-2H3. The SMILES string of the molecule is CCC(C)(N)c1nc(CCOCC(F)(F)F)no1. The van der Waals surface area contributed by atoms with Crippen molar-refractivity contribution in [3.05, 3.63) is 11.7 Å². The van der Waals surface area contributed by atoms with Crippen molar-refractivity contribution in [3.8, 4) is 0 Å². The lowest BCUT2D eigenvalue weighted by Crippen LogP contribution is -2.32. The molecule has 0 saturated heterocycles. The third kappa shape index (κ3) is 4.61. The van der Waals surface area contributed by atoms with E-state index in [1.165, 1.54) is 0 Å². The second-order valence-electron chi connectivity index (χ2n) is 4.20. The summed E-state index contributed by atoms with van der Waals surface area (Å²) in [5, 5.41) is 3.64. The minimum absolute atomic E-state index is 0.119. The predicted octanol–water partition coefficient (Wildman–Crippen LogP) is 1.77. The van der Waals surface area contributed by atoms with Crippen molar-refractivity contribution >= 4 is 0 Å². The Kier molecular flexibility index (Phi) is 4.69. The molecule has 0 aromatic carbocycles. The van der Waals surface area contributed by atoms with Gasteiger partial charge < -0.3 is 15.0 Å². The second-order valence-corrected chi connectivity index (χ2v) is 4.20. The minimum atomic E-state index is -4.32. The molecule has 0 amide bonds. The zero-order valence-electron chi connectivity index (χ0n) is 10.3. The highest BCUT2D eigenvalue weighted by Crippen LogP contribution is 2.19. The van der Waals surface area contributed by atoms with E-state index in [4.69, 9.17) is 10.3 Å². The molecule has 1 atom stereocenters. The molecule has 0 fully saturated rings. The molecule has 8 heteroatoms. The summed E-state index contributed by atoms with van der Waals surface area (Å²) in [6.45, 7) is 2.22. The smallest absolute Gasteiger partial charge is 0.372 e. The molecule has 1 heterocycles. The average Bonchev–Trinajstić information content (AvgIpc) is 2.72. The Morgan fingerprint density at radius 1 is 1.39 bits per heavy atom. The van der Waals surface area contributed by atoms with Gasteiger partial charge in [0.25, 0.3) is 0 Å². The van der Waals surface area contributed by atoms with Crippen molar-refractivity contribution in [2.75, 3.05) is 13.2 Å². The number of hydrogen-bond acceptors (Lipinski definition) is 5. The summed E-state index contributed by atoms with van der Waals surface area (Å²) in [7, 11) is 0. The van der Waals surface area contributed by atoms with Gasteiger partial charge in [-0.15, -0.1) is 0 Å². The molecular weight excluding hydrogens is 251 g/mol. The van der Waals surface area contributed by atoms with E-state index < -0.39 is 18.3 Å². The lowest BCUT2D eigenvalue weighted by atomic mass is 10.0. The maximum Gasteiger partial charge on any atom is 0.411 e. The molecule has 2 N–H and O–H groups in total. The van der Waals surface area contributed by atoms with E-state index >= 15 is 0 Å². The minimum Gasteiger partial charge on any atom is -0.372 e. The van der Waals surface area contributed by atoms with E-state index in [1.54, 1.807) is 6.92 Å². The summed E-state index contributed by atoms with van der Waals surface area (Å²) < 4.78 is 44.8. The van der Waals surface area contributed by atoms with Crippen molar-refractivity contribution in [1.82, 2.24) is 10.1 Å². The molecule has 104 valence electrons. The first-order valence-electron chi connectivity index (χ1n) is 5.51. The fourth-order valence-corrected chi connectivity index (χ4v) is 1.09. The number of alkyl halides is 3. The Labute approximate surface area is 102 Å². The topological polar surface area (TPSA) is 74.2 Å². The molecule has 1 unspecified atom stereocenters. The first-order chi connectivity index (χ1) is 8.24. The molecule has 0 aliphatic heterocycles. The van der Waals surface area contributed by atoms with E-state index in [-0.39, 0.29) is 24.7 Å². The first-order valence-corrected chi connectivity index (χ1v) is 5.51. The zero-order chi connectivity index (χ0) is 13.8. The van der Waals surface area contributed by atoms with E-state index in [1.807, 2.05) is 6.92 Å². The van der Waals surface area contributed by atoms with Crippen molar-refractivity contribution in [2.45, 2.75) is 38.4 Å². The molecule has 0 saturated carbocycles. The van der Waals surface area contributed by atoms with E-state index in [0.29, 0.717) is 6.42 Å². The van der Waals surface area contributed by atoms with Gasteiger partial charge in [0.2, 0.25) is 5.89 Å². The Hall–Kier alpha value is -1.15.